The minimum absolute atomic E-state index is 0.0187. The molecule has 2 amide bonds. The molecule has 0 aliphatic rings. The zero-order valence-electron chi connectivity index (χ0n) is 17.2. The average molecular weight is 397 g/mol. The molecule has 0 fully saturated rings. The smallest absolute Gasteiger partial charge is 0.411 e. The molecule has 29 heavy (non-hydrogen) atoms. The number of carbonyl (C=O) groups excluding carboxylic acids is 2. The number of hydrogen-bond donors (Lipinski definition) is 3. The molecule has 154 valence electrons. The van der Waals surface area contributed by atoms with Crippen molar-refractivity contribution < 1.29 is 14.3 Å². The van der Waals surface area contributed by atoms with Gasteiger partial charge >= 0.3 is 6.09 Å². The van der Waals surface area contributed by atoms with E-state index in [4.69, 9.17) is 0 Å². The molecule has 2 aromatic carbocycles. The number of hydrogen-bond acceptors (Lipinski definition) is 4. The second kappa shape index (κ2) is 10.7. The summed E-state index contributed by atoms with van der Waals surface area (Å²) in [6.07, 6.45) is -0.500. The summed E-state index contributed by atoms with van der Waals surface area (Å²) in [4.78, 5) is 28.9. The van der Waals surface area contributed by atoms with Gasteiger partial charge in [-0.2, -0.15) is 0 Å². The molecule has 0 radical (unpaired) electrons. The first-order valence-corrected chi connectivity index (χ1v) is 9.12. The van der Waals surface area contributed by atoms with Gasteiger partial charge in [0.15, 0.2) is 5.96 Å². The molecule has 0 unspecified atom stereocenters. The predicted molar refractivity (Wildman–Crippen MR) is 114 cm³/mol. The van der Waals surface area contributed by atoms with Crippen LogP contribution in [0.4, 0.5) is 10.5 Å². The second-order valence-electron chi connectivity index (χ2n) is 6.49. The van der Waals surface area contributed by atoms with E-state index >= 15 is 0 Å². The van der Waals surface area contributed by atoms with Crippen LogP contribution in [0.3, 0.4) is 0 Å². The zero-order valence-corrected chi connectivity index (χ0v) is 17.2. The molecule has 0 heterocycles. The number of carbonyl (C=O) groups is 2. The largest absolute Gasteiger partial charge is 0.453 e. The fourth-order valence-electron chi connectivity index (χ4n) is 2.49. The lowest BCUT2D eigenvalue weighted by atomic mass is 10.1. The molecule has 0 saturated heterocycles. The average Bonchev–Trinajstić information content (AvgIpc) is 2.74. The van der Waals surface area contributed by atoms with Crippen molar-refractivity contribution in [1.82, 2.24) is 15.5 Å². The molecule has 2 aromatic rings. The van der Waals surface area contributed by atoms with Crippen LogP contribution in [-0.2, 0) is 17.8 Å². The lowest BCUT2D eigenvalue weighted by Crippen LogP contribution is -2.36. The first-order chi connectivity index (χ1) is 13.9. The minimum atomic E-state index is -0.500. The Kier molecular flexibility index (Phi) is 8.02. The van der Waals surface area contributed by atoms with Gasteiger partial charge in [0, 0.05) is 45.5 Å². The molecular formula is C21H27N5O3. The van der Waals surface area contributed by atoms with Crippen LogP contribution in [-0.4, -0.2) is 51.1 Å². The van der Waals surface area contributed by atoms with Crippen molar-refractivity contribution in [1.29, 1.82) is 0 Å². The van der Waals surface area contributed by atoms with E-state index in [-0.39, 0.29) is 5.91 Å². The Hall–Kier alpha value is -3.55. The maximum atomic E-state index is 11.9. The Bertz CT molecular complexity index is 846. The predicted octanol–water partition coefficient (Wildman–Crippen LogP) is 2.43. The van der Waals surface area contributed by atoms with Gasteiger partial charge in [-0.25, -0.2) is 4.79 Å². The van der Waals surface area contributed by atoms with Crippen LogP contribution in [0, 0.1) is 0 Å². The van der Waals surface area contributed by atoms with Gasteiger partial charge in [-0.3, -0.25) is 15.1 Å². The van der Waals surface area contributed by atoms with Crippen molar-refractivity contribution in [2.45, 2.75) is 13.1 Å². The minimum Gasteiger partial charge on any atom is -0.453 e. The third-order valence-corrected chi connectivity index (χ3v) is 4.14. The van der Waals surface area contributed by atoms with Crippen LogP contribution in [0.15, 0.2) is 53.5 Å². The van der Waals surface area contributed by atoms with Gasteiger partial charge in [0.25, 0.3) is 5.91 Å². The number of nitrogens with zero attached hydrogens (tertiary/aromatic N) is 2. The lowest BCUT2D eigenvalue weighted by molar-refractivity contribution is 0.0827. The second-order valence-corrected chi connectivity index (χ2v) is 6.49. The molecule has 0 saturated carbocycles. The molecule has 0 atom stereocenters. The summed E-state index contributed by atoms with van der Waals surface area (Å²) in [6, 6.07) is 14.9. The number of nitrogens with one attached hydrogen (secondary N) is 3. The normalized spacial score (nSPS) is 10.8. The van der Waals surface area contributed by atoms with Crippen LogP contribution in [0.25, 0.3) is 0 Å². The van der Waals surface area contributed by atoms with E-state index in [1.165, 1.54) is 7.11 Å². The number of anilines is 1. The van der Waals surface area contributed by atoms with Crippen molar-refractivity contribution in [3.8, 4) is 0 Å². The fraction of sp³-hybridized carbons (Fsp3) is 0.286. The molecule has 0 aliphatic heterocycles. The zero-order chi connectivity index (χ0) is 21.2. The molecule has 0 aliphatic carbocycles. The monoisotopic (exact) mass is 397 g/mol. The topological polar surface area (TPSA) is 95.1 Å². The van der Waals surface area contributed by atoms with E-state index in [0.717, 1.165) is 11.1 Å². The van der Waals surface area contributed by atoms with E-state index in [2.05, 4.69) is 25.7 Å². The molecule has 0 aromatic heterocycles. The number of guanidine groups is 1. The van der Waals surface area contributed by atoms with E-state index in [1.54, 1.807) is 38.2 Å². The maximum Gasteiger partial charge on any atom is 0.411 e. The quantitative estimate of drug-likeness (QED) is 0.514. The third-order valence-electron chi connectivity index (χ3n) is 4.14. The highest BCUT2D eigenvalue weighted by atomic mass is 16.5. The van der Waals surface area contributed by atoms with Crippen molar-refractivity contribution in [3.05, 3.63) is 65.2 Å². The van der Waals surface area contributed by atoms with Gasteiger partial charge in [0.05, 0.1) is 7.11 Å². The van der Waals surface area contributed by atoms with E-state index in [9.17, 15) is 9.59 Å². The van der Waals surface area contributed by atoms with Crippen LogP contribution >= 0.6 is 0 Å². The first-order valence-electron chi connectivity index (χ1n) is 9.12. The van der Waals surface area contributed by atoms with Crippen LogP contribution in [0.2, 0.25) is 0 Å². The highest BCUT2D eigenvalue weighted by Crippen LogP contribution is 2.10. The molecule has 0 spiro atoms. The molecule has 3 N–H and O–H groups in total. The maximum absolute atomic E-state index is 11.9. The van der Waals surface area contributed by atoms with Crippen molar-refractivity contribution in [2.24, 2.45) is 4.99 Å². The van der Waals surface area contributed by atoms with E-state index in [0.29, 0.717) is 30.3 Å². The van der Waals surface area contributed by atoms with Crippen molar-refractivity contribution in [2.75, 3.05) is 33.6 Å². The van der Waals surface area contributed by atoms with Gasteiger partial charge in [-0.05, 0) is 35.4 Å². The van der Waals surface area contributed by atoms with Gasteiger partial charge in [-0.15, -0.1) is 0 Å². The van der Waals surface area contributed by atoms with Crippen LogP contribution in [0.1, 0.15) is 21.5 Å². The Balaban J connectivity index is 1.83. The fourth-order valence-corrected chi connectivity index (χ4v) is 2.49. The van der Waals surface area contributed by atoms with Crippen molar-refractivity contribution in [3.63, 3.8) is 0 Å². The number of ether oxygens (including phenoxy) is 1. The Morgan fingerprint density at radius 1 is 0.931 bits per heavy atom. The summed E-state index contributed by atoms with van der Waals surface area (Å²) in [6.45, 7) is 1.16. The van der Waals surface area contributed by atoms with Gasteiger partial charge in [-0.1, -0.05) is 24.3 Å². The van der Waals surface area contributed by atoms with Crippen molar-refractivity contribution >= 4 is 23.6 Å². The van der Waals surface area contributed by atoms with E-state index in [1.807, 2.05) is 36.4 Å². The summed E-state index contributed by atoms with van der Waals surface area (Å²) >= 11 is 0. The highest BCUT2D eigenvalue weighted by Gasteiger charge is 2.07. The third kappa shape index (κ3) is 6.84. The summed E-state index contributed by atoms with van der Waals surface area (Å²) in [5.74, 6) is 0.644. The molecule has 2 rings (SSSR count). The molecule has 8 heteroatoms. The summed E-state index contributed by atoms with van der Waals surface area (Å²) in [5, 5.41) is 9.09. The Labute approximate surface area is 171 Å². The van der Waals surface area contributed by atoms with Crippen LogP contribution in [0.5, 0.6) is 0 Å². The molecular weight excluding hydrogens is 370 g/mol. The standard InChI is InChI=1S/C21H27N5O3/c1-22-20(23-13-15-5-9-17(10-6-15)19(27)26(2)3)24-14-16-7-11-18(12-8-16)25-21(28)29-4/h5-12H,13-14H2,1-4H3,(H,25,28)(H2,22,23,24). The number of methoxy groups -OCH3 is 1. The first kappa shape index (κ1) is 21.7. The van der Waals surface area contributed by atoms with Crippen LogP contribution < -0.4 is 16.0 Å². The number of amides is 2. The van der Waals surface area contributed by atoms with E-state index < -0.39 is 6.09 Å². The Morgan fingerprint density at radius 2 is 1.45 bits per heavy atom. The lowest BCUT2D eigenvalue weighted by Gasteiger charge is -2.13. The Morgan fingerprint density at radius 3 is 1.90 bits per heavy atom. The SMILES string of the molecule is CN=C(NCc1ccc(NC(=O)OC)cc1)NCc1ccc(C(=O)N(C)C)cc1. The summed E-state index contributed by atoms with van der Waals surface area (Å²) in [7, 11) is 6.49. The number of rotatable bonds is 6. The van der Waals surface area contributed by atoms with Gasteiger partial charge in [0.2, 0.25) is 0 Å². The highest BCUT2D eigenvalue weighted by molar-refractivity contribution is 5.93. The molecule has 0 bridgehead atoms. The summed E-state index contributed by atoms with van der Waals surface area (Å²) in [5.41, 5.74) is 3.40. The summed E-state index contributed by atoms with van der Waals surface area (Å²) < 4.78 is 4.56. The molecule has 8 nitrogen and oxygen atoms in total. The van der Waals surface area contributed by atoms with Gasteiger partial charge < -0.3 is 20.3 Å². The number of benzene rings is 2. The van der Waals surface area contributed by atoms with Gasteiger partial charge in [0.1, 0.15) is 0 Å². The number of aliphatic imine (C=N–C) groups is 1.